The fourth-order valence-electron chi connectivity index (χ4n) is 2.65. The summed E-state index contributed by atoms with van der Waals surface area (Å²) in [6, 6.07) is 6.05. The third-order valence-corrected chi connectivity index (χ3v) is 3.70. The maximum atomic E-state index is 11.4. The Morgan fingerprint density at radius 3 is 2.79 bits per heavy atom. The highest BCUT2D eigenvalue weighted by atomic mass is 16.5. The van der Waals surface area contributed by atoms with Gasteiger partial charge in [-0.25, -0.2) is 0 Å². The van der Waals surface area contributed by atoms with Crippen LogP contribution in [-0.4, -0.2) is 43.0 Å². The number of rotatable bonds is 5. The maximum Gasteiger partial charge on any atom is 0.127 e. The molecule has 104 valence electrons. The fraction of sp³-hybridized carbons (Fsp3) is 0.600. The molecular formula is C15H22N2O2. The lowest BCUT2D eigenvalue weighted by Crippen LogP contribution is -2.41. The molecule has 19 heavy (non-hydrogen) atoms. The molecular weight excluding hydrogens is 240 g/mol. The van der Waals surface area contributed by atoms with Gasteiger partial charge in [-0.05, 0) is 38.9 Å². The van der Waals surface area contributed by atoms with Gasteiger partial charge in [0.05, 0.1) is 5.69 Å². The molecule has 0 aliphatic carbocycles. The molecule has 0 N–H and O–H groups in total. The van der Waals surface area contributed by atoms with Crippen molar-refractivity contribution in [1.82, 2.24) is 9.88 Å². The van der Waals surface area contributed by atoms with Gasteiger partial charge in [-0.2, -0.15) is 0 Å². The Bertz CT molecular complexity index is 428. The van der Waals surface area contributed by atoms with E-state index in [-0.39, 0.29) is 5.41 Å². The number of ether oxygens (including phenoxy) is 1. The molecule has 0 aromatic carbocycles. The molecule has 1 aromatic rings. The maximum absolute atomic E-state index is 11.4. The lowest BCUT2D eigenvalue weighted by Gasteiger charge is -2.35. The van der Waals surface area contributed by atoms with Crippen molar-refractivity contribution < 1.29 is 9.53 Å². The van der Waals surface area contributed by atoms with Gasteiger partial charge >= 0.3 is 0 Å². The van der Waals surface area contributed by atoms with Crippen LogP contribution in [0.4, 0.5) is 0 Å². The topological polar surface area (TPSA) is 42.4 Å². The number of hydrogen-bond donors (Lipinski definition) is 0. The lowest BCUT2D eigenvalue weighted by molar-refractivity contribution is -0.122. The smallest absolute Gasteiger partial charge is 0.127 e. The second kappa shape index (κ2) is 6.26. The zero-order valence-electron chi connectivity index (χ0n) is 11.8. The minimum Gasteiger partial charge on any atom is -0.381 e. The summed E-state index contributed by atoms with van der Waals surface area (Å²) in [7, 11) is 2.05. The molecule has 0 radical (unpaired) electrons. The second-order valence-corrected chi connectivity index (χ2v) is 5.54. The van der Waals surface area contributed by atoms with Gasteiger partial charge in [-0.15, -0.1) is 0 Å². The normalized spacial score (nSPS) is 18.5. The van der Waals surface area contributed by atoms with Gasteiger partial charge in [-0.3, -0.25) is 9.88 Å². The van der Waals surface area contributed by atoms with Crippen molar-refractivity contribution >= 4 is 6.29 Å². The van der Waals surface area contributed by atoms with Crippen molar-refractivity contribution in [2.24, 2.45) is 5.41 Å². The van der Waals surface area contributed by atoms with Gasteiger partial charge in [0.25, 0.3) is 0 Å². The van der Waals surface area contributed by atoms with Crippen LogP contribution in [0.3, 0.4) is 0 Å². The monoisotopic (exact) mass is 262 g/mol. The van der Waals surface area contributed by atoms with Gasteiger partial charge in [0.2, 0.25) is 0 Å². The van der Waals surface area contributed by atoms with Crippen LogP contribution in [0.25, 0.3) is 0 Å². The third kappa shape index (κ3) is 3.85. The molecule has 4 heteroatoms. The minimum absolute atomic E-state index is 0.239. The Morgan fingerprint density at radius 2 is 2.16 bits per heavy atom. The van der Waals surface area contributed by atoms with E-state index in [9.17, 15) is 4.79 Å². The summed E-state index contributed by atoms with van der Waals surface area (Å²) >= 11 is 0. The van der Waals surface area contributed by atoms with Crippen molar-refractivity contribution in [3.63, 3.8) is 0 Å². The zero-order valence-corrected chi connectivity index (χ0v) is 11.8. The minimum atomic E-state index is -0.239. The van der Waals surface area contributed by atoms with Crippen LogP contribution in [0.2, 0.25) is 0 Å². The molecule has 1 aromatic heterocycles. The Morgan fingerprint density at radius 1 is 1.42 bits per heavy atom. The summed E-state index contributed by atoms with van der Waals surface area (Å²) in [5.74, 6) is 0. The Hall–Kier alpha value is -1.26. The highest BCUT2D eigenvalue weighted by Crippen LogP contribution is 2.29. The van der Waals surface area contributed by atoms with Crippen LogP contribution in [0.15, 0.2) is 18.2 Å². The Kier molecular flexibility index (Phi) is 4.66. The molecule has 1 saturated heterocycles. The highest BCUT2D eigenvalue weighted by Gasteiger charge is 2.33. The van der Waals surface area contributed by atoms with E-state index in [1.54, 1.807) is 0 Å². The van der Waals surface area contributed by atoms with Gasteiger partial charge in [-0.1, -0.05) is 6.07 Å². The Balaban J connectivity index is 1.96. The lowest BCUT2D eigenvalue weighted by atomic mass is 9.81. The van der Waals surface area contributed by atoms with E-state index >= 15 is 0 Å². The number of aldehydes is 1. The molecule has 0 spiro atoms. The summed E-state index contributed by atoms with van der Waals surface area (Å²) in [6.45, 7) is 4.92. The van der Waals surface area contributed by atoms with E-state index in [2.05, 4.69) is 9.88 Å². The second-order valence-electron chi connectivity index (χ2n) is 5.54. The first kappa shape index (κ1) is 14.2. The first-order chi connectivity index (χ1) is 9.13. The zero-order chi connectivity index (χ0) is 13.7. The van der Waals surface area contributed by atoms with Crippen LogP contribution < -0.4 is 0 Å². The standard InChI is InChI=1S/C15H22N2O2/c1-13-4-3-5-14(16-13)10-17(2)11-15(12-18)6-8-19-9-7-15/h3-5,12H,6-11H2,1-2H3. The number of nitrogens with zero attached hydrogens (tertiary/aromatic N) is 2. The highest BCUT2D eigenvalue weighted by molar-refractivity contribution is 5.60. The summed E-state index contributed by atoms with van der Waals surface area (Å²) < 4.78 is 5.35. The number of hydrogen-bond acceptors (Lipinski definition) is 4. The molecule has 2 rings (SSSR count). The van der Waals surface area contributed by atoms with Crippen molar-refractivity contribution in [3.8, 4) is 0 Å². The van der Waals surface area contributed by atoms with E-state index < -0.39 is 0 Å². The van der Waals surface area contributed by atoms with E-state index in [1.807, 2.05) is 32.2 Å². The Labute approximate surface area is 114 Å². The number of carbonyl (C=O) groups is 1. The molecule has 2 heterocycles. The van der Waals surface area contributed by atoms with Crippen LogP contribution in [-0.2, 0) is 16.1 Å². The number of carbonyl (C=O) groups excluding carboxylic acids is 1. The van der Waals surface area contributed by atoms with E-state index in [0.717, 1.165) is 43.6 Å². The van der Waals surface area contributed by atoms with Crippen molar-refractivity contribution in [3.05, 3.63) is 29.6 Å². The van der Waals surface area contributed by atoms with Crippen LogP contribution in [0, 0.1) is 12.3 Å². The van der Waals surface area contributed by atoms with E-state index in [0.29, 0.717) is 13.2 Å². The number of aryl methyl sites for hydroxylation is 1. The number of aromatic nitrogens is 1. The fourth-order valence-corrected chi connectivity index (χ4v) is 2.65. The summed E-state index contributed by atoms with van der Waals surface area (Å²) in [5, 5.41) is 0. The van der Waals surface area contributed by atoms with Gasteiger partial charge in [0.15, 0.2) is 0 Å². The van der Waals surface area contributed by atoms with Crippen molar-refractivity contribution in [2.75, 3.05) is 26.8 Å². The predicted molar refractivity (Wildman–Crippen MR) is 73.9 cm³/mol. The SMILES string of the molecule is Cc1cccc(CN(C)CC2(C=O)CCOCC2)n1. The first-order valence-electron chi connectivity index (χ1n) is 6.79. The van der Waals surface area contributed by atoms with Crippen LogP contribution in [0.1, 0.15) is 24.2 Å². The van der Waals surface area contributed by atoms with Crippen molar-refractivity contribution in [1.29, 1.82) is 0 Å². The largest absolute Gasteiger partial charge is 0.381 e. The molecule has 4 nitrogen and oxygen atoms in total. The molecule has 0 unspecified atom stereocenters. The van der Waals surface area contributed by atoms with Crippen LogP contribution >= 0.6 is 0 Å². The molecule has 1 aliphatic rings. The van der Waals surface area contributed by atoms with Gasteiger partial charge < -0.3 is 9.53 Å². The number of pyridine rings is 1. The average Bonchev–Trinajstić information content (AvgIpc) is 2.39. The predicted octanol–water partition coefficient (Wildman–Crippen LogP) is 1.82. The average molecular weight is 262 g/mol. The summed E-state index contributed by atoms with van der Waals surface area (Å²) in [4.78, 5) is 18.1. The van der Waals surface area contributed by atoms with Crippen molar-refractivity contribution in [2.45, 2.75) is 26.3 Å². The van der Waals surface area contributed by atoms with Gasteiger partial charge in [0.1, 0.15) is 6.29 Å². The third-order valence-electron chi connectivity index (χ3n) is 3.70. The summed E-state index contributed by atoms with van der Waals surface area (Å²) in [5.41, 5.74) is 1.84. The molecule has 0 atom stereocenters. The molecule has 0 amide bonds. The quantitative estimate of drug-likeness (QED) is 0.759. The summed E-state index contributed by atoms with van der Waals surface area (Å²) in [6.07, 6.45) is 2.76. The van der Waals surface area contributed by atoms with E-state index in [4.69, 9.17) is 4.74 Å². The van der Waals surface area contributed by atoms with Crippen LogP contribution in [0.5, 0.6) is 0 Å². The molecule has 1 aliphatic heterocycles. The van der Waals surface area contributed by atoms with Gasteiger partial charge in [0, 0.05) is 37.4 Å². The first-order valence-corrected chi connectivity index (χ1v) is 6.79. The molecule has 1 fully saturated rings. The molecule has 0 bridgehead atoms. The molecule has 0 saturated carbocycles. The van der Waals surface area contributed by atoms with E-state index in [1.165, 1.54) is 0 Å².